The van der Waals surface area contributed by atoms with Crippen LogP contribution in [-0.4, -0.2) is 56.9 Å². The summed E-state index contributed by atoms with van der Waals surface area (Å²) in [7, 11) is 0. The molecule has 1 aliphatic heterocycles. The summed E-state index contributed by atoms with van der Waals surface area (Å²) < 4.78 is 16.6. The summed E-state index contributed by atoms with van der Waals surface area (Å²) in [6.07, 6.45) is 3.33. The van der Waals surface area contributed by atoms with Crippen LogP contribution in [0.5, 0.6) is 11.5 Å². The first kappa shape index (κ1) is 21.9. The third kappa shape index (κ3) is 7.54. The maximum atomic E-state index is 12.1. The molecule has 1 aliphatic rings. The van der Waals surface area contributed by atoms with Crippen LogP contribution in [0.3, 0.4) is 0 Å². The summed E-state index contributed by atoms with van der Waals surface area (Å²) >= 11 is 0. The summed E-state index contributed by atoms with van der Waals surface area (Å²) in [6, 6.07) is 15.5. The van der Waals surface area contributed by atoms with Crippen LogP contribution in [0, 0.1) is 0 Å². The number of rotatable bonds is 10. The van der Waals surface area contributed by atoms with Crippen molar-refractivity contribution in [2.24, 2.45) is 0 Å². The second-order valence-electron chi connectivity index (χ2n) is 7.00. The third-order valence-corrected chi connectivity index (χ3v) is 4.76. The van der Waals surface area contributed by atoms with Crippen molar-refractivity contribution in [2.45, 2.75) is 13.5 Å². The number of ether oxygens (including phenoxy) is 3. The highest BCUT2D eigenvalue weighted by molar-refractivity contribution is 5.91. The fraction of sp³-hybridized carbons (Fsp3) is 0.375. The Labute approximate surface area is 178 Å². The number of hydrogen-bond acceptors (Lipinski definition) is 5. The molecule has 160 valence electrons. The molecule has 0 bridgehead atoms. The quantitative estimate of drug-likeness (QED) is 0.610. The minimum Gasteiger partial charge on any atom is -0.494 e. The van der Waals surface area contributed by atoms with E-state index in [0.29, 0.717) is 19.8 Å². The van der Waals surface area contributed by atoms with Gasteiger partial charge in [-0.15, -0.1) is 0 Å². The number of carbonyl (C=O) groups excluding carboxylic acids is 1. The molecule has 2 aromatic rings. The lowest BCUT2D eigenvalue weighted by Gasteiger charge is -2.26. The van der Waals surface area contributed by atoms with Crippen LogP contribution in [0.15, 0.2) is 54.6 Å². The zero-order chi connectivity index (χ0) is 21.0. The third-order valence-electron chi connectivity index (χ3n) is 4.76. The average molecular weight is 411 g/mol. The van der Waals surface area contributed by atoms with E-state index in [4.69, 9.17) is 14.2 Å². The van der Waals surface area contributed by atoms with Gasteiger partial charge >= 0.3 is 0 Å². The van der Waals surface area contributed by atoms with Crippen molar-refractivity contribution in [1.82, 2.24) is 10.2 Å². The van der Waals surface area contributed by atoms with Crippen molar-refractivity contribution in [3.8, 4) is 11.5 Å². The van der Waals surface area contributed by atoms with E-state index in [2.05, 4.69) is 10.2 Å². The van der Waals surface area contributed by atoms with Gasteiger partial charge in [0.15, 0.2) is 0 Å². The molecule has 0 radical (unpaired) electrons. The Morgan fingerprint density at radius 1 is 1.10 bits per heavy atom. The van der Waals surface area contributed by atoms with Crippen LogP contribution in [0.1, 0.15) is 18.1 Å². The molecule has 0 aliphatic carbocycles. The second kappa shape index (κ2) is 12.0. The Morgan fingerprint density at radius 2 is 1.90 bits per heavy atom. The Kier molecular flexibility index (Phi) is 8.75. The fourth-order valence-corrected chi connectivity index (χ4v) is 3.12. The second-order valence-corrected chi connectivity index (χ2v) is 7.00. The summed E-state index contributed by atoms with van der Waals surface area (Å²) in [5, 5.41) is 2.91. The lowest BCUT2D eigenvalue weighted by molar-refractivity contribution is -0.116. The van der Waals surface area contributed by atoms with Gasteiger partial charge in [0.05, 0.1) is 19.8 Å². The van der Waals surface area contributed by atoms with E-state index in [9.17, 15) is 4.79 Å². The number of amides is 1. The van der Waals surface area contributed by atoms with E-state index in [1.165, 1.54) is 0 Å². The Morgan fingerprint density at radius 3 is 2.67 bits per heavy atom. The monoisotopic (exact) mass is 410 g/mol. The van der Waals surface area contributed by atoms with E-state index in [1.54, 1.807) is 12.2 Å². The van der Waals surface area contributed by atoms with E-state index >= 15 is 0 Å². The average Bonchev–Trinajstić information content (AvgIpc) is 2.78. The minimum absolute atomic E-state index is 0.137. The predicted octanol–water partition coefficient (Wildman–Crippen LogP) is 3.13. The van der Waals surface area contributed by atoms with Gasteiger partial charge in [-0.2, -0.15) is 0 Å². The molecule has 1 fully saturated rings. The smallest absolute Gasteiger partial charge is 0.244 e. The number of morpholine rings is 1. The van der Waals surface area contributed by atoms with Crippen LogP contribution >= 0.6 is 0 Å². The van der Waals surface area contributed by atoms with Gasteiger partial charge in [0, 0.05) is 32.3 Å². The van der Waals surface area contributed by atoms with Crippen molar-refractivity contribution in [3.63, 3.8) is 0 Å². The first-order chi connectivity index (χ1) is 14.7. The van der Waals surface area contributed by atoms with E-state index in [0.717, 1.165) is 55.5 Å². The van der Waals surface area contributed by atoms with Crippen LogP contribution in [0.2, 0.25) is 0 Å². The van der Waals surface area contributed by atoms with Gasteiger partial charge in [-0.25, -0.2) is 0 Å². The standard InChI is InChI=1S/C24H30N2O4/c1-2-29-22-9-6-20(7-10-22)8-11-24(27)25-19-21-4-3-5-23(18-21)30-17-14-26-12-15-28-16-13-26/h3-11,18H,2,12-17,19H2,1H3,(H,25,27)/b11-8+. The molecule has 0 spiro atoms. The van der Waals surface area contributed by atoms with E-state index < -0.39 is 0 Å². The van der Waals surface area contributed by atoms with Crippen molar-refractivity contribution in [1.29, 1.82) is 0 Å². The lowest BCUT2D eigenvalue weighted by Crippen LogP contribution is -2.38. The first-order valence-corrected chi connectivity index (χ1v) is 10.4. The van der Waals surface area contributed by atoms with Crippen molar-refractivity contribution >= 4 is 12.0 Å². The molecule has 0 atom stereocenters. The number of nitrogens with zero attached hydrogens (tertiary/aromatic N) is 1. The molecule has 3 rings (SSSR count). The fourth-order valence-electron chi connectivity index (χ4n) is 3.12. The molecule has 6 heteroatoms. The maximum absolute atomic E-state index is 12.1. The number of nitrogens with one attached hydrogen (secondary N) is 1. The highest BCUT2D eigenvalue weighted by Crippen LogP contribution is 2.14. The lowest BCUT2D eigenvalue weighted by atomic mass is 10.2. The van der Waals surface area contributed by atoms with Gasteiger partial charge < -0.3 is 19.5 Å². The molecule has 1 heterocycles. The van der Waals surface area contributed by atoms with Crippen molar-refractivity contribution in [2.75, 3.05) is 46.1 Å². The topological polar surface area (TPSA) is 60.0 Å². The summed E-state index contributed by atoms with van der Waals surface area (Å²) in [5.74, 6) is 1.51. The van der Waals surface area contributed by atoms with Gasteiger partial charge in [-0.1, -0.05) is 24.3 Å². The van der Waals surface area contributed by atoms with Crippen LogP contribution in [0.4, 0.5) is 0 Å². The first-order valence-electron chi connectivity index (χ1n) is 10.4. The SMILES string of the molecule is CCOc1ccc(/C=C/C(=O)NCc2cccc(OCCN3CCOCC3)c2)cc1. The molecule has 2 aromatic carbocycles. The van der Waals surface area contributed by atoms with Crippen molar-refractivity contribution < 1.29 is 19.0 Å². The highest BCUT2D eigenvalue weighted by atomic mass is 16.5. The Bertz CT molecular complexity index is 814. The van der Waals surface area contributed by atoms with Crippen LogP contribution in [0.25, 0.3) is 6.08 Å². The number of hydrogen-bond donors (Lipinski definition) is 1. The molecule has 1 saturated heterocycles. The molecular weight excluding hydrogens is 380 g/mol. The molecule has 1 N–H and O–H groups in total. The van der Waals surface area contributed by atoms with Gasteiger partial charge in [0.1, 0.15) is 18.1 Å². The molecule has 0 aromatic heterocycles. The summed E-state index contributed by atoms with van der Waals surface area (Å²) in [6.45, 7) is 8.07. The minimum atomic E-state index is -0.137. The Balaban J connectivity index is 1.41. The zero-order valence-electron chi connectivity index (χ0n) is 17.5. The largest absolute Gasteiger partial charge is 0.494 e. The number of benzene rings is 2. The summed E-state index contributed by atoms with van der Waals surface area (Å²) in [5.41, 5.74) is 1.95. The van der Waals surface area contributed by atoms with Gasteiger partial charge in [0.2, 0.25) is 5.91 Å². The van der Waals surface area contributed by atoms with E-state index in [-0.39, 0.29) is 5.91 Å². The predicted molar refractivity (Wildman–Crippen MR) is 118 cm³/mol. The molecule has 0 unspecified atom stereocenters. The van der Waals surface area contributed by atoms with Crippen molar-refractivity contribution in [3.05, 3.63) is 65.7 Å². The normalized spacial score (nSPS) is 14.6. The molecule has 1 amide bonds. The van der Waals surface area contributed by atoms with Crippen LogP contribution < -0.4 is 14.8 Å². The highest BCUT2D eigenvalue weighted by Gasteiger charge is 2.09. The van der Waals surface area contributed by atoms with Gasteiger partial charge in [0.25, 0.3) is 0 Å². The Hall–Kier alpha value is -2.83. The van der Waals surface area contributed by atoms with Gasteiger partial charge in [-0.3, -0.25) is 9.69 Å². The molecule has 6 nitrogen and oxygen atoms in total. The molecule has 0 saturated carbocycles. The van der Waals surface area contributed by atoms with E-state index in [1.807, 2.05) is 55.5 Å². The van der Waals surface area contributed by atoms with Gasteiger partial charge in [-0.05, 0) is 48.4 Å². The van der Waals surface area contributed by atoms with Crippen LogP contribution in [-0.2, 0) is 16.1 Å². The number of carbonyl (C=O) groups is 1. The summed E-state index contributed by atoms with van der Waals surface area (Å²) in [4.78, 5) is 14.5. The molecule has 30 heavy (non-hydrogen) atoms. The maximum Gasteiger partial charge on any atom is 0.244 e. The molecular formula is C24H30N2O4. The zero-order valence-corrected chi connectivity index (χ0v) is 17.5.